The highest BCUT2D eigenvalue weighted by Crippen LogP contribution is 2.22. The maximum atomic E-state index is 13.4. The first-order valence-corrected chi connectivity index (χ1v) is 7.76. The van der Waals surface area contributed by atoms with Crippen LogP contribution < -0.4 is 4.74 Å². The zero-order valence-corrected chi connectivity index (χ0v) is 11.3. The number of rotatable bonds is 7. The van der Waals surface area contributed by atoms with Gasteiger partial charge in [-0.05, 0) is 18.9 Å². The zero-order valence-electron chi connectivity index (χ0n) is 9.71. The van der Waals surface area contributed by atoms with Crippen LogP contribution in [0.5, 0.6) is 5.75 Å². The molecular weight excluding hydrogens is 301 g/mol. The largest absolute Gasteiger partial charge is 0.491 e. The van der Waals surface area contributed by atoms with Gasteiger partial charge in [0.1, 0.15) is 0 Å². The monoisotopic (exact) mass is 311 g/mol. The van der Waals surface area contributed by atoms with E-state index in [1.807, 2.05) is 0 Å². The van der Waals surface area contributed by atoms with Crippen LogP contribution in [0.25, 0.3) is 0 Å². The van der Waals surface area contributed by atoms with Crippen molar-refractivity contribution < 1.29 is 22.5 Å². The number of nitro benzene ring substituents is 1. The third kappa shape index (κ3) is 5.84. The second-order valence-electron chi connectivity index (χ2n) is 3.67. The van der Waals surface area contributed by atoms with E-state index in [4.69, 9.17) is 15.4 Å². The van der Waals surface area contributed by atoms with Crippen LogP contribution in [0.4, 0.5) is 10.1 Å². The Labute approximate surface area is 113 Å². The highest BCUT2D eigenvalue weighted by Gasteiger charge is 2.11. The number of non-ortho nitro benzene ring substituents is 1. The molecule has 0 heterocycles. The average molecular weight is 312 g/mol. The molecule has 1 aromatic carbocycles. The summed E-state index contributed by atoms with van der Waals surface area (Å²) >= 11 is 0. The van der Waals surface area contributed by atoms with Gasteiger partial charge in [-0.25, -0.2) is 12.8 Å². The van der Waals surface area contributed by atoms with Gasteiger partial charge in [0.15, 0.2) is 11.6 Å². The lowest BCUT2D eigenvalue weighted by Crippen LogP contribution is -2.03. The number of hydrogen-bond acceptors (Lipinski definition) is 5. The molecule has 0 atom stereocenters. The van der Waals surface area contributed by atoms with Gasteiger partial charge in [0, 0.05) is 16.7 Å². The smallest absolute Gasteiger partial charge is 0.272 e. The van der Waals surface area contributed by atoms with Crippen molar-refractivity contribution in [3.8, 4) is 5.75 Å². The van der Waals surface area contributed by atoms with Gasteiger partial charge < -0.3 is 4.74 Å². The van der Waals surface area contributed by atoms with Crippen LogP contribution in [0.1, 0.15) is 12.8 Å². The quantitative estimate of drug-likeness (QED) is 0.334. The van der Waals surface area contributed by atoms with Crippen molar-refractivity contribution in [3.63, 3.8) is 0 Å². The van der Waals surface area contributed by atoms with Crippen LogP contribution in [0.15, 0.2) is 18.2 Å². The summed E-state index contributed by atoms with van der Waals surface area (Å²) in [5.41, 5.74) is -0.363. The van der Waals surface area contributed by atoms with Gasteiger partial charge in [-0.1, -0.05) is 0 Å². The first-order valence-electron chi connectivity index (χ1n) is 5.28. The first kappa shape index (κ1) is 15.6. The standard InChI is InChI=1S/C10H11ClFNO5S/c11-19(16,17)6-2-1-5-18-10-4-3-8(13(14)15)7-9(10)12/h3-4,7H,1-2,5-6H2. The number of halogens is 2. The molecule has 6 nitrogen and oxygen atoms in total. The van der Waals surface area contributed by atoms with Gasteiger partial charge in [0.25, 0.3) is 5.69 Å². The normalized spacial score (nSPS) is 11.3. The van der Waals surface area contributed by atoms with Crippen LogP contribution in [-0.4, -0.2) is 25.7 Å². The topological polar surface area (TPSA) is 86.5 Å². The van der Waals surface area contributed by atoms with E-state index in [2.05, 4.69) is 0 Å². The highest BCUT2D eigenvalue weighted by molar-refractivity contribution is 8.13. The number of ether oxygens (including phenoxy) is 1. The molecule has 19 heavy (non-hydrogen) atoms. The molecule has 0 aliphatic carbocycles. The lowest BCUT2D eigenvalue weighted by molar-refractivity contribution is -0.385. The van der Waals surface area contributed by atoms with Crippen molar-refractivity contribution in [1.29, 1.82) is 0 Å². The van der Waals surface area contributed by atoms with Crippen molar-refractivity contribution in [2.24, 2.45) is 0 Å². The summed E-state index contributed by atoms with van der Waals surface area (Å²) in [5.74, 6) is -1.13. The molecule has 0 aliphatic heterocycles. The molecule has 0 aliphatic rings. The Bertz CT molecular complexity index is 563. The fraction of sp³-hybridized carbons (Fsp3) is 0.400. The molecule has 0 saturated heterocycles. The Morgan fingerprint density at radius 2 is 2.05 bits per heavy atom. The Balaban J connectivity index is 2.44. The van der Waals surface area contributed by atoms with Crippen molar-refractivity contribution in [2.75, 3.05) is 12.4 Å². The predicted molar refractivity (Wildman–Crippen MR) is 67.4 cm³/mol. The molecule has 0 saturated carbocycles. The summed E-state index contributed by atoms with van der Waals surface area (Å²) in [5, 5.41) is 10.4. The van der Waals surface area contributed by atoms with Gasteiger partial charge in [-0.15, -0.1) is 0 Å². The molecular formula is C10H11ClFNO5S. The second-order valence-corrected chi connectivity index (χ2v) is 6.57. The summed E-state index contributed by atoms with van der Waals surface area (Å²) in [4.78, 5) is 9.68. The Hall–Kier alpha value is -1.41. The third-order valence-corrected chi connectivity index (χ3v) is 3.41. The minimum atomic E-state index is -3.52. The molecule has 0 fully saturated rings. The summed E-state index contributed by atoms with van der Waals surface area (Å²) < 4.78 is 39.7. The van der Waals surface area contributed by atoms with Crippen LogP contribution >= 0.6 is 10.7 Å². The highest BCUT2D eigenvalue weighted by atomic mass is 35.7. The predicted octanol–water partition coefficient (Wildman–Crippen LogP) is 2.46. The summed E-state index contributed by atoms with van der Waals surface area (Å²) in [6.45, 7) is 0.0984. The molecule has 0 amide bonds. The molecule has 0 spiro atoms. The van der Waals surface area contributed by atoms with E-state index in [0.29, 0.717) is 12.8 Å². The second kappa shape index (κ2) is 6.67. The SMILES string of the molecule is O=[N+]([O-])c1ccc(OCCCCS(=O)(=O)Cl)c(F)c1. The number of unbranched alkanes of at least 4 members (excludes halogenated alkanes) is 1. The first-order chi connectivity index (χ1) is 8.79. The molecule has 0 aromatic heterocycles. The Morgan fingerprint density at radius 3 is 2.58 bits per heavy atom. The molecule has 0 radical (unpaired) electrons. The summed E-state index contributed by atoms with van der Waals surface area (Å²) in [7, 11) is 1.48. The molecule has 0 bridgehead atoms. The van der Waals surface area contributed by atoms with E-state index in [1.165, 1.54) is 0 Å². The van der Waals surface area contributed by atoms with E-state index < -0.39 is 19.8 Å². The van der Waals surface area contributed by atoms with E-state index in [9.17, 15) is 22.9 Å². The maximum Gasteiger partial charge on any atom is 0.272 e. The number of benzene rings is 1. The van der Waals surface area contributed by atoms with Crippen molar-refractivity contribution in [1.82, 2.24) is 0 Å². The van der Waals surface area contributed by atoms with Crippen LogP contribution in [-0.2, 0) is 9.05 Å². The Morgan fingerprint density at radius 1 is 1.37 bits per heavy atom. The fourth-order valence-corrected chi connectivity index (χ4v) is 2.16. The van der Waals surface area contributed by atoms with E-state index in [-0.39, 0.29) is 23.8 Å². The van der Waals surface area contributed by atoms with E-state index in [0.717, 1.165) is 18.2 Å². The molecule has 0 N–H and O–H groups in total. The maximum absolute atomic E-state index is 13.4. The van der Waals surface area contributed by atoms with Crippen molar-refractivity contribution >= 4 is 25.4 Å². The summed E-state index contributed by atoms with van der Waals surface area (Å²) in [6.07, 6.45) is 0.669. The number of nitro groups is 1. The van der Waals surface area contributed by atoms with E-state index in [1.54, 1.807) is 0 Å². The van der Waals surface area contributed by atoms with E-state index >= 15 is 0 Å². The summed E-state index contributed by atoms with van der Waals surface area (Å²) in [6, 6.07) is 3.05. The van der Waals surface area contributed by atoms with Gasteiger partial charge in [-0.3, -0.25) is 10.1 Å². The zero-order chi connectivity index (χ0) is 14.5. The molecule has 1 rings (SSSR count). The molecule has 1 aromatic rings. The molecule has 0 unspecified atom stereocenters. The van der Waals surface area contributed by atoms with Gasteiger partial charge in [0.05, 0.1) is 23.3 Å². The third-order valence-electron chi connectivity index (χ3n) is 2.17. The number of hydrogen-bond donors (Lipinski definition) is 0. The fourth-order valence-electron chi connectivity index (χ4n) is 1.28. The van der Waals surface area contributed by atoms with Crippen LogP contribution in [0.2, 0.25) is 0 Å². The van der Waals surface area contributed by atoms with Gasteiger partial charge in [-0.2, -0.15) is 0 Å². The van der Waals surface area contributed by atoms with Gasteiger partial charge >= 0.3 is 0 Å². The minimum Gasteiger partial charge on any atom is -0.491 e. The van der Waals surface area contributed by atoms with Crippen LogP contribution in [0.3, 0.4) is 0 Å². The number of nitrogens with zero attached hydrogens (tertiary/aromatic N) is 1. The minimum absolute atomic E-state index is 0.0984. The lowest BCUT2D eigenvalue weighted by Gasteiger charge is -2.06. The van der Waals surface area contributed by atoms with Crippen molar-refractivity contribution in [3.05, 3.63) is 34.1 Å². The van der Waals surface area contributed by atoms with Gasteiger partial charge in [0.2, 0.25) is 9.05 Å². The lowest BCUT2D eigenvalue weighted by atomic mass is 10.3. The average Bonchev–Trinajstić information content (AvgIpc) is 2.28. The van der Waals surface area contributed by atoms with Crippen LogP contribution in [0, 0.1) is 15.9 Å². The Kier molecular flexibility index (Phi) is 5.49. The molecule has 106 valence electrons. The van der Waals surface area contributed by atoms with Crippen molar-refractivity contribution in [2.45, 2.75) is 12.8 Å². The molecule has 9 heteroatoms.